The van der Waals surface area contributed by atoms with E-state index in [0.29, 0.717) is 5.95 Å². The van der Waals surface area contributed by atoms with E-state index in [2.05, 4.69) is 18.1 Å². The normalized spacial score (nSPS) is 9.29. The fourth-order valence-electron chi connectivity index (χ4n) is 0.817. The standard InChI is InChI=1S/C9H11N3.C2H6/c1-3-4-5-8(2)12-7-6-11-9(12)10;1-2/h3-7H,1-2H2,(H2,10,11);1-2H3/b5-4-;. The zero-order chi connectivity index (χ0) is 11.0. The molecule has 2 N–H and O–H groups in total. The fourth-order valence-corrected chi connectivity index (χ4v) is 0.817. The number of hydrogen-bond acceptors (Lipinski definition) is 2. The number of nitrogen functional groups attached to an aromatic ring is 1. The number of anilines is 1. The summed E-state index contributed by atoms with van der Waals surface area (Å²) in [6.07, 6.45) is 8.67. The Kier molecular flexibility index (Phi) is 5.87. The quantitative estimate of drug-likeness (QED) is 0.746. The summed E-state index contributed by atoms with van der Waals surface area (Å²) in [6, 6.07) is 0. The van der Waals surface area contributed by atoms with Crippen molar-refractivity contribution in [2.24, 2.45) is 0 Å². The average Bonchev–Trinajstić information content (AvgIpc) is 2.64. The third-order valence-electron chi connectivity index (χ3n) is 1.40. The maximum atomic E-state index is 5.54. The molecule has 0 saturated carbocycles. The molecule has 76 valence electrons. The highest BCUT2D eigenvalue weighted by atomic mass is 15.1. The predicted octanol–water partition coefficient (Wildman–Crippen LogP) is 2.70. The highest BCUT2D eigenvalue weighted by Crippen LogP contribution is 2.08. The van der Waals surface area contributed by atoms with Gasteiger partial charge < -0.3 is 5.73 Å². The van der Waals surface area contributed by atoms with E-state index in [1.54, 1.807) is 29.1 Å². The van der Waals surface area contributed by atoms with Gasteiger partial charge in [0.05, 0.1) is 0 Å². The molecule has 0 aromatic carbocycles. The lowest BCUT2D eigenvalue weighted by Gasteiger charge is -2.01. The fraction of sp³-hybridized carbons (Fsp3) is 0.182. The summed E-state index contributed by atoms with van der Waals surface area (Å²) in [6.45, 7) is 11.4. The molecule has 0 saturated heterocycles. The lowest BCUT2D eigenvalue weighted by molar-refractivity contribution is 1.12. The van der Waals surface area contributed by atoms with E-state index in [9.17, 15) is 0 Å². The van der Waals surface area contributed by atoms with Gasteiger partial charge >= 0.3 is 0 Å². The van der Waals surface area contributed by atoms with E-state index in [-0.39, 0.29) is 0 Å². The first-order valence-corrected chi connectivity index (χ1v) is 4.53. The van der Waals surface area contributed by atoms with Gasteiger partial charge in [-0.1, -0.05) is 39.2 Å². The highest BCUT2D eigenvalue weighted by molar-refractivity contribution is 5.58. The summed E-state index contributed by atoms with van der Waals surface area (Å²) in [5.74, 6) is 0.439. The number of imidazole rings is 1. The zero-order valence-corrected chi connectivity index (χ0v) is 8.77. The maximum Gasteiger partial charge on any atom is 0.204 e. The number of hydrogen-bond donors (Lipinski definition) is 1. The summed E-state index contributed by atoms with van der Waals surface area (Å²) in [5.41, 5.74) is 6.31. The Morgan fingerprint density at radius 2 is 2.21 bits per heavy atom. The van der Waals surface area contributed by atoms with E-state index in [0.717, 1.165) is 5.70 Å². The first kappa shape index (κ1) is 12.2. The van der Waals surface area contributed by atoms with Crippen LogP contribution in [0.5, 0.6) is 0 Å². The molecule has 1 heterocycles. The van der Waals surface area contributed by atoms with Crippen molar-refractivity contribution in [3.05, 3.63) is 43.8 Å². The monoisotopic (exact) mass is 191 g/mol. The van der Waals surface area contributed by atoms with Gasteiger partial charge in [0.25, 0.3) is 0 Å². The topological polar surface area (TPSA) is 43.8 Å². The first-order valence-electron chi connectivity index (χ1n) is 4.53. The lowest BCUT2D eigenvalue weighted by Crippen LogP contribution is -1.98. The van der Waals surface area contributed by atoms with Gasteiger partial charge in [0, 0.05) is 18.1 Å². The first-order chi connectivity index (χ1) is 6.75. The minimum atomic E-state index is 0.439. The van der Waals surface area contributed by atoms with Crippen LogP contribution in [0.15, 0.2) is 43.8 Å². The van der Waals surface area contributed by atoms with Crippen LogP contribution >= 0.6 is 0 Å². The van der Waals surface area contributed by atoms with Gasteiger partial charge in [-0.05, 0) is 6.08 Å². The zero-order valence-electron chi connectivity index (χ0n) is 8.77. The van der Waals surface area contributed by atoms with E-state index >= 15 is 0 Å². The molecular weight excluding hydrogens is 174 g/mol. The van der Waals surface area contributed by atoms with E-state index in [4.69, 9.17) is 5.73 Å². The van der Waals surface area contributed by atoms with Gasteiger partial charge in [-0.25, -0.2) is 4.98 Å². The largest absolute Gasteiger partial charge is 0.369 e. The number of allylic oxidation sites excluding steroid dienone is 4. The average molecular weight is 191 g/mol. The maximum absolute atomic E-state index is 5.54. The molecule has 1 aromatic heterocycles. The van der Waals surface area contributed by atoms with E-state index < -0.39 is 0 Å². The molecule has 0 spiro atoms. The molecule has 3 nitrogen and oxygen atoms in total. The SMILES string of the molecule is C=C/C=C\C(=C)n1ccnc1N.CC. The van der Waals surface area contributed by atoms with Gasteiger partial charge in [-0.3, -0.25) is 4.57 Å². The third-order valence-corrected chi connectivity index (χ3v) is 1.40. The Labute approximate surface area is 85.3 Å². The predicted molar refractivity (Wildman–Crippen MR) is 62.7 cm³/mol. The summed E-state index contributed by atoms with van der Waals surface area (Å²) >= 11 is 0. The molecule has 0 bridgehead atoms. The van der Waals surface area contributed by atoms with Gasteiger partial charge in [0.2, 0.25) is 5.95 Å². The number of nitrogens with zero attached hydrogens (tertiary/aromatic N) is 2. The molecule has 1 rings (SSSR count). The Morgan fingerprint density at radius 3 is 2.64 bits per heavy atom. The molecule has 1 aromatic rings. The van der Waals surface area contributed by atoms with Crippen LogP contribution in [0.3, 0.4) is 0 Å². The van der Waals surface area contributed by atoms with Crippen LogP contribution in [0.2, 0.25) is 0 Å². The van der Waals surface area contributed by atoms with Crippen molar-refractivity contribution in [1.29, 1.82) is 0 Å². The Bertz CT molecular complexity index is 321. The van der Waals surface area contributed by atoms with Crippen LogP contribution in [0, 0.1) is 0 Å². The summed E-state index contributed by atoms with van der Waals surface area (Å²) in [4.78, 5) is 3.87. The Morgan fingerprint density at radius 1 is 1.57 bits per heavy atom. The van der Waals surface area contributed by atoms with Crippen molar-refractivity contribution < 1.29 is 0 Å². The summed E-state index contributed by atoms with van der Waals surface area (Å²) in [5, 5.41) is 0. The molecule has 0 radical (unpaired) electrons. The van der Waals surface area contributed by atoms with Crippen LogP contribution in [-0.2, 0) is 0 Å². The van der Waals surface area contributed by atoms with E-state index in [1.807, 2.05) is 19.9 Å². The van der Waals surface area contributed by atoms with Crippen molar-refractivity contribution in [3.8, 4) is 0 Å². The second-order valence-electron chi connectivity index (χ2n) is 2.24. The molecule has 0 aliphatic carbocycles. The van der Waals surface area contributed by atoms with Crippen molar-refractivity contribution in [3.63, 3.8) is 0 Å². The minimum absolute atomic E-state index is 0.439. The Balaban J connectivity index is 0.000000791. The van der Waals surface area contributed by atoms with Crippen LogP contribution in [-0.4, -0.2) is 9.55 Å². The van der Waals surface area contributed by atoms with Gasteiger partial charge in [-0.15, -0.1) is 0 Å². The summed E-state index contributed by atoms with van der Waals surface area (Å²) < 4.78 is 1.69. The Hall–Kier alpha value is -1.77. The van der Waals surface area contributed by atoms with Crippen molar-refractivity contribution in [2.45, 2.75) is 13.8 Å². The lowest BCUT2D eigenvalue weighted by atomic mass is 10.4. The second-order valence-corrected chi connectivity index (χ2v) is 2.24. The molecule has 3 heteroatoms. The molecule has 0 aliphatic rings. The van der Waals surface area contributed by atoms with Crippen LogP contribution in [0.1, 0.15) is 13.8 Å². The van der Waals surface area contributed by atoms with Gasteiger partial charge in [-0.2, -0.15) is 0 Å². The summed E-state index contributed by atoms with van der Waals surface area (Å²) in [7, 11) is 0. The van der Waals surface area contributed by atoms with Crippen LogP contribution in [0.4, 0.5) is 5.95 Å². The van der Waals surface area contributed by atoms with Gasteiger partial charge in [0.1, 0.15) is 0 Å². The minimum Gasteiger partial charge on any atom is -0.369 e. The number of nitrogens with two attached hydrogens (primary N) is 1. The highest BCUT2D eigenvalue weighted by Gasteiger charge is 1.96. The number of rotatable bonds is 3. The van der Waals surface area contributed by atoms with Crippen molar-refractivity contribution >= 4 is 11.6 Å². The van der Waals surface area contributed by atoms with Gasteiger partial charge in [0.15, 0.2) is 0 Å². The molecule has 0 unspecified atom stereocenters. The molecule has 0 atom stereocenters. The van der Waals surface area contributed by atoms with Crippen LogP contribution < -0.4 is 5.73 Å². The number of aromatic nitrogens is 2. The van der Waals surface area contributed by atoms with Crippen LogP contribution in [0.25, 0.3) is 5.70 Å². The molecule has 0 fully saturated rings. The molecule has 0 aliphatic heterocycles. The molecular formula is C11H17N3. The molecule has 0 amide bonds. The smallest absolute Gasteiger partial charge is 0.204 e. The van der Waals surface area contributed by atoms with Crippen molar-refractivity contribution in [2.75, 3.05) is 5.73 Å². The molecule has 14 heavy (non-hydrogen) atoms. The third kappa shape index (κ3) is 3.31. The van der Waals surface area contributed by atoms with E-state index in [1.165, 1.54) is 0 Å². The van der Waals surface area contributed by atoms with Crippen molar-refractivity contribution in [1.82, 2.24) is 9.55 Å². The second kappa shape index (κ2) is 6.71.